The number of pyridine rings is 1. The van der Waals surface area contributed by atoms with Crippen molar-refractivity contribution in [1.29, 1.82) is 0 Å². The molecule has 2 aromatic heterocycles. The number of hydrogen-bond acceptors (Lipinski definition) is 8. The second-order valence-corrected chi connectivity index (χ2v) is 10.5. The Labute approximate surface area is 173 Å². The summed E-state index contributed by atoms with van der Waals surface area (Å²) in [5, 5.41) is 0.909. The fourth-order valence-corrected chi connectivity index (χ4v) is 5.25. The minimum Gasteiger partial charge on any atom is -0.344 e. The number of nitrogens with zero attached hydrogens (tertiary/aromatic N) is 4. The predicted molar refractivity (Wildman–Crippen MR) is 116 cm³/mol. The monoisotopic (exact) mass is 443 g/mol. The summed E-state index contributed by atoms with van der Waals surface area (Å²) in [6.07, 6.45) is 4.19. The molecule has 1 amide bonds. The third-order valence-corrected chi connectivity index (χ3v) is 7.72. The zero-order chi connectivity index (χ0) is 20.1. The first-order chi connectivity index (χ1) is 13.4. The molecule has 0 bridgehead atoms. The molecule has 1 aliphatic rings. The van der Waals surface area contributed by atoms with E-state index in [2.05, 4.69) is 19.6 Å². The fraction of sp³-hybridized carbons (Fsp3) is 0.588. The Morgan fingerprint density at radius 1 is 1.36 bits per heavy atom. The number of thioether (sulfide) groups is 1. The molecule has 2 aromatic rings. The first-order valence-corrected chi connectivity index (χ1v) is 13.0. The van der Waals surface area contributed by atoms with Crippen LogP contribution in [-0.2, 0) is 14.8 Å². The zero-order valence-electron chi connectivity index (χ0n) is 16.0. The van der Waals surface area contributed by atoms with Gasteiger partial charge in [0.2, 0.25) is 15.9 Å². The molecule has 3 heterocycles. The summed E-state index contributed by atoms with van der Waals surface area (Å²) >= 11 is 3.15. The van der Waals surface area contributed by atoms with E-state index in [-0.39, 0.29) is 11.7 Å². The summed E-state index contributed by atoms with van der Waals surface area (Å²) in [6.45, 7) is 4.00. The van der Waals surface area contributed by atoms with Crippen LogP contribution in [0, 0.1) is 0 Å². The summed E-state index contributed by atoms with van der Waals surface area (Å²) in [5.74, 6) is 0.549. The first kappa shape index (κ1) is 21.3. The number of rotatable bonds is 8. The van der Waals surface area contributed by atoms with Gasteiger partial charge in [-0.15, -0.1) is 0 Å². The van der Waals surface area contributed by atoms with Gasteiger partial charge in [0, 0.05) is 32.4 Å². The van der Waals surface area contributed by atoms with E-state index in [4.69, 9.17) is 0 Å². The summed E-state index contributed by atoms with van der Waals surface area (Å²) in [5.41, 5.74) is 0.882. The van der Waals surface area contributed by atoms with Gasteiger partial charge in [-0.1, -0.05) is 11.3 Å². The lowest BCUT2D eigenvalue weighted by molar-refractivity contribution is -0.133. The molecule has 0 radical (unpaired) electrons. The van der Waals surface area contributed by atoms with Crippen molar-refractivity contribution in [2.45, 2.75) is 19.4 Å². The number of anilines is 1. The molecule has 3 rings (SSSR count). The largest absolute Gasteiger partial charge is 0.344 e. The number of hydrogen-bond donors (Lipinski definition) is 1. The maximum Gasteiger partial charge on any atom is 0.240 e. The van der Waals surface area contributed by atoms with Gasteiger partial charge in [-0.3, -0.25) is 4.79 Å². The highest BCUT2D eigenvalue weighted by molar-refractivity contribution is 7.98. The molecule has 0 aromatic carbocycles. The van der Waals surface area contributed by atoms with Crippen LogP contribution < -0.4 is 9.62 Å². The Kier molecular flexibility index (Phi) is 7.13. The van der Waals surface area contributed by atoms with Crippen LogP contribution in [0.3, 0.4) is 0 Å². The van der Waals surface area contributed by atoms with E-state index in [0.717, 1.165) is 21.2 Å². The van der Waals surface area contributed by atoms with Gasteiger partial charge in [-0.25, -0.2) is 23.1 Å². The van der Waals surface area contributed by atoms with E-state index in [1.54, 1.807) is 41.1 Å². The van der Waals surface area contributed by atoms with Gasteiger partial charge in [0.1, 0.15) is 16.4 Å². The van der Waals surface area contributed by atoms with Crippen LogP contribution in [0.15, 0.2) is 18.3 Å². The molecule has 0 saturated carbocycles. The van der Waals surface area contributed by atoms with E-state index < -0.39 is 16.1 Å². The Balaban J connectivity index is 1.63. The Morgan fingerprint density at radius 3 is 2.75 bits per heavy atom. The van der Waals surface area contributed by atoms with Gasteiger partial charge in [0.25, 0.3) is 0 Å². The average molecular weight is 444 g/mol. The first-order valence-electron chi connectivity index (χ1n) is 9.17. The standard InChI is InChI=1S/C17H25N5O3S3/c1-3-28(24,25)20-14(6-12-26-2)16(23)21-8-10-22(11-9-21)17-19-13-5-4-7-18-15(13)27-17/h4-5,7,14,20H,3,6,8-12H2,1-2H3. The Hall–Kier alpha value is -1.43. The van der Waals surface area contributed by atoms with Gasteiger partial charge in [0.15, 0.2) is 5.13 Å². The highest BCUT2D eigenvalue weighted by atomic mass is 32.2. The minimum atomic E-state index is -3.43. The molecule has 11 heteroatoms. The van der Waals surface area contributed by atoms with Crippen LogP contribution in [0.4, 0.5) is 5.13 Å². The lowest BCUT2D eigenvalue weighted by Gasteiger charge is -2.36. The number of carbonyl (C=O) groups is 1. The Morgan fingerprint density at radius 2 is 2.11 bits per heavy atom. The molecule has 1 atom stereocenters. The number of amides is 1. The summed E-state index contributed by atoms with van der Waals surface area (Å²) < 4.78 is 26.5. The molecule has 1 unspecified atom stereocenters. The number of piperazine rings is 1. The number of nitrogens with one attached hydrogen (secondary N) is 1. The molecular weight excluding hydrogens is 418 g/mol. The van der Waals surface area contributed by atoms with Crippen molar-refractivity contribution in [3.8, 4) is 0 Å². The third kappa shape index (κ3) is 5.13. The van der Waals surface area contributed by atoms with Crippen molar-refractivity contribution in [2.75, 3.05) is 48.8 Å². The highest BCUT2D eigenvalue weighted by Crippen LogP contribution is 2.27. The quantitative estimate of drug-likeness (QED) is 0.659. The van der Waals surface area contributed by atoms with Crippen molar-refractivity contribution in [1.82, 2.24) is 19.6 Å². The maximum atomic E-state index is 12.9. The van der Waals surface area contributed by atoms with Crippen LogP contribution in [0.2, 0.25) is 0 Å². The number of aromatic nitrogens is 2. The van der Waals surface area contributed by atoms with E-state index >= 15 is 0 Å². The van der Waals surface area contributed by atoms with Gasteiger partial charge < -0.3 is 9.80 Å². The van der Waals surface area contributed by atoms with Gasteiger partial charge in [-0.2, -0.15) is 11.8 Å². The Bertz CT molecular complexity index is 877. The molecule has 28 heavy (non-hydrogen) atoms. The molecule has 154 valence electrons. The van der Waals surface area contributed by atoms with Crippen LogP contribution in [0.25, 0.3) is 10.3 Å². The van der Waals surface area contributed by atoms with Crippen molar-refractivity contribution >= 4 is 54.5 Å². The summed E-state index contributed by atoms with van der Waals surface area (Å²) in [7, 11) is -3.43. The SMILES string of the molecule is CCS(=O)(=O)NC(CCSC)C(=O)N1CCN(c2nc3cccnc3s2)CC1. The van der Waals surface area contributed by atoms with Crippen LogP contribution in [0.5, 0.6) is 0 Å². The lowest BCUT2D eigenvalue weighted by Crippen LogP contribution is -2.55. The molecule has 1 saturated heterocycles. The minimum absolute atomic E-state index is 0.0323. The van der Waals surface area contributed by atoms with Crippen molar-refractivity contribution in [3.05, 3.63) is 18.3 Å². The highest BCUT2D eigenvalue weighted by Gasteiger charge is 2.30. The smallest absolute Gasteiger partial charge is 0.240 e. The molecule has 0 spiro atoms. The lowest BCUT2D eigenvalue weighted by atomic mass is 10.2. The molecule has 8 nitrogen and oxygen atoms in total. The van der Waals surface area contributed by atoms with Crippen molar-refractivity contribution in [2.24, 2.45) is 0 Å². The van der Waals surface area contributed by atoms with E-state index in [0.29, 0.717) is 32.6 Å². The number of thiazole rings is 1. The van der Waals surface area contributed by atoms with Gasteiger partial charge in [-0.05, 0) is 37.5 Å². The van der Waals surface area contributed by atoms with Crippen LogP contribution >= 0.6 is 23.1 Å². The van der Waals surface area contributed by atoms with E-state index in [9.17, 15) is 13.2 Å². The molecule has 0 aliphatic carbocycles. The molecule has 1 N–H and O–H groups in total. The van der Waals surface area contributed by atoms with Crippen molar-refractivity contribution < 1.29 is 13.2 Å². The maximum absolute atomic E-state index is 12.9. The topological polar surface area (TPSA) is 95.5 Å². The predicted octanol–water partition coefficient (Wildman–Crippen LogP) is 1.40. The second kappa shape index (κ2) is 9.38. The third-order valence-electron chi connectivity index (χ3n) is 4.63. The van der Waals surface area contributed by atoms with E-state index in [1.165, 1.54) is 0 Å². The summed E-state index contributed by atoms with van der Waals surface area (Å²) in [4.78, 5) is 26.7. The molecular formula is C17H25N5O3S3. The molecule has 1 fully saturated rings. The van der Waals surface area contributed by atoms with Gasteiger partial charge >= 0.3 is 0 Å². The normalized spacial score (nSPS) is 16.5. The summed E-state index contributed by atoms with van der Waals surface area (Å²) in [6, 6.07) is 3.11. The number of carbonyl (C=O) groups excluding carboxylic acids is 1. The van der Waals surface area contributed by atoms with Crippen molar-refractivity contribution in [3.63, 3.8) is 0 Å². The molecule has 1 aliphatic heterocycles. The number of sulfonamides is 1. The van der Waals surface area contributed by atoms with Gasteiger partial charge in [0.05, 0.1) is 5.75 Å². The average Bonchev–Trinajstić information content (AvgIpc) is 3.15. The van der Waals surface area contributed by atoms with Crippen LogP contribution in [-0.4, -0.2) is 79.2 Å². The van der Waals surface area contributed by atoms with Crippen LogP contribution in [0.1, 0.15) is 13.3 Å². The second-order valence-electron chi connectivity index (χ2n) is 6.49. The fourth-order valence-electron chi connectivity index (χ4n) is 3.00. The van der Waals surface area contributed by atoms with E-state index in [1.807, 2.05) is 18.4 Å². The zero-order valence-corrected chi connectivity index (χ0v) is 18.4. The number of fused-ring (bicyclic) bond motifs is 1.